The van der Waals surface area contributed by atoms with Crippen molar-refractivity contribution in [3.8, 4) is 0 Å². The highest BCUT2D eigenvalue weighted by molar-refractivity contribution is 5.97. The standard InChI is InChI=1S/C33H38N2/c1-20-15-23(4)31(24(5)16-20)34-13-14-35(32-25(6)17-21(2)18-26(32)7)33(34)27(8)30-19-22(3)28-11-9-10-12-29(28)30/h9-12,15-19,33H,13-14H2,1-8H3. The molecule has 0 spiro atoms. The molecule has 0 atom stereocenters. The van der Waals surface area contributed by atoms with Crippen LogP contribution in [0.1, 0.15) is 58.4 Å². The van der Waals surface area contributed by atoms with Gasteiger partial charge in [-0.2, -0.15) is 0 Å². The summed E-state index contributed by atoms with van der Waals surface area (Å²) >= 11 is 0. The Hall–Kier alpha value is -3.26. The molecule has 1 aliphatic heterocycles. The molecule has 0 saturated carbocycles. The van der Waals surface area contributed by atoms with Crippen LogP contribution in [0, 0.1) is 41.5 Å². The zero-order valence-electron chi connectivity index (χ0n) is 22.6. The molecular formula is C33H38N2. The van der Waals surface area contributed by atoms with Gasteiger partial charge >= 0.3 is 0 Å². The van der Waals surface area contributed by atoms with Crippen LogP contribution in [0.2, 0.25) is 0 Å². The first kappa shape index (κ1) is 23.5. The van der Waals surface area contributed by atoms with E-state index in [-0.39, 0.29) is 6.17 Å². The predicted molar refractivity (Wildman–Crippen MR) is 152 cm³/mol. The maximum atomic E-state index is 2.66. The molecule has 2 heteroatoms. The maximum Gasteiger partial charge on any atom is 0.125 e. The second-order valence-electron chi connectivity index (χ2n) is 10.7. The molecule has 1 heterocycles. The topological polar surface area (TPSA) is 6.48 Å². The Morgan fingerprint density at radius 3 is 1.54 bits per heavy atom. The van der Waals surface area contributed by atoms with Gasteiger partial charge in [0.1, 0.15) is 6.17 Å². The van der Waals surface area contributed by atoms with Crippen LogP contribution in [-0.4, -0.2) is 19.3 Å². The average Bonchev–Trinajstić information content (AvgIpc) is 3.34. The lowest BCUT2D eigenvalue weighted by Gasteiger charge is -2.37. The summed E-state index contributed by atoms with van der Waals surface area (Å²) in [5.41, 5.74) is 17.8. The number of allylic oxidation sites excluding steroid dienone is 3. The Kier molecular flexibility index (Phi) is 5.87. The number of nitrogens with zero attached hydrogens (tertiary/aromatic N) is 2. The summed E-state index contributed by atoms with van der Waals surface area (Å²) in [5, 5.41) is 0. The minimum absolute atomic E-state index is 0.167. The first-order valence-electron chi connectivity index (χ1n) is 12.8. The van der Waals surface area contributed by atoms with E-state index >= 15 is 0 Å². The van der Waals surface area contributed by atoms with Crippen LogP contribution in [0.5, 0.6) is 0 Å². The van der Waals surface area contributed by atoms with E-state index in [0.29, 0.717) is 0 Å². The first-order chi connectivity index (χ1) is 16.7. The van der Waals surface area contributed by atoms with E-state index < -0.39 is 0 Å². The van der Waals surface area contributed by atoms with Gasteiger partial charge in [0, 0.05) is 24.5 Å². The fourth-order valence-electron chi connectivity index (χ4n) is 6.71. The van der Waals surface area contributed by atoms with E-state index in [9.17, 15) is 0 Å². The number of fused-ring (bicyclic) bond motifs is 1. The summed E-state index contributed by atoms with van der Waals surface area (Å²) in [6.07, 6.45) is 2.57. The molecule has 0 bridgehead atoms. The largest absolute Gasteiger partial charge is 0.345 e. The van der Waals surface area contributed by atoms with Gasteiger partial charge in [-0.25, -0.2) is 0 Å². The van der Waals surface area contributed by atoms with Gasteiger partial charge in [-0.1, -0.05) is 65.7 Å². The van der Waals surface area contributed by atoms with E-state index in [1.165, 1.54) is 72.6 Å². The van der Waals surface area contributed by atoms with Crippen molar-refractivity contribution >= 4 is 22.5 Å². The zero-order chi connectivity index (χ0) is 25.0. The van der Waals surface area contributed by atoms with Gasteiger partial charge in [0.25, 0.3) is 0 Å². The van der Waals surface area contributed by atoms with Crippen LogP contribution >= 0.6 is 0 Å². The molecule has 1 fully saturated rings. The smallest absolute Gasteiger partial charge is 0.125 e. The minimum atomic E-state index is 0.167. The normalized spacial score (nSPS) is 17.2. The molecule has 3 aromatic rings. The fraction of sp³-hybridized carbons (Fsp3) is 0.333. The van der Waals surface area contributed by atoms with E-state index in [1.54, 1.807) is 0 Å². The molecule has 2 nitrogen and oxygen atoms in total. The molecular weight excluding hydrogens is 424 g/mol. The Labute approximate surface area is 211 Å². The molecule has 180 valence electrons. The lowest BCUT2D eigenvalue weighted by molar-refractivity contribution is 0.752. The zero-order valence-corrected chi connectivity index (χ0v) is 22.6. The molecule has 2 aliphatic rings. The van der Waals surface area contributed by atoms with Crippen molar-refractivity contribution in [1.29, 1.82) is 0 Å². The Balaban J connectivity index is 1.73. The van der Waals surface area contributed by atoms with Crippen molar-refractivity contribution in [2.75, 3.05) is 22.9 Å². The van der Waals surface area contributed by atoms with E-state index in [2.05, 4.69) is 120 Å². The third-order valence-corrected chi connectivity index (χ3v) is 7.83. The van der Waals surface area contributed by atoms with Crippen molar-refractivity contribution in [1.82, 2.24) is 0 Å². The second-order valence-corrected chi connectivity index (χ2v) is 10.7. The summed E-state index contributed by atoms with van der Waals surface area (Å²) in [4.78, 5) is 5.32. The van der Waals surface area contributed by atoms with Crippen LogP contribution in [0.25, 0.3) is 11.1 Å². The van der Waals surface area contributed by atoms with Gasteiger partial charge in [0.15, 0.2) is 0 Å². The molecule has 5 rings (SSSR count). The summed E-state index contributed by atoms with van der Waals surface area (Å²) in [6, 6.07) is 18.2. The molecule has 3 aromatic carbocycles. The van der Waals surface area contributed by atoms with Gasteiger partial charge < -0.3 is 9.80 Å². The van der Waals surface area contributed by atoms with Crippen LogP contribution in [-0.2, 0) is 0 Å². The van der Waals surface area contributed by atoms with E-state index in [1.807, 2.05) is 0 Å². The first-order valence-corrected chi connectivity index (χ1v) is 12.8. The van der Waals surface area contributed by atoms with E-state index in [0.717, 1.165) is 13.1 Å². The SMILES string of the molecule is CC1=CC(=C(C)C2N(c3c(C)cc(C)cc3C)CCN2c2c(C)cc(C)cc2C)c2ccccc21. The second kappa shape index (κ2) is 8.75. The molecule has 0 aromatic heterocycles. The summed E-state index contributed by atoms with van der Waals surface area (Å²) < 4.78 is 0. The number of benzene rings is 3. The van der Waals surface area contributed by atoms with Gasteiger partial charge in [0.2, 0.25) is 0 Å². The maximum absolute atomic E-state index is 2.66. The highest BCUT2D eigenvalue weighted by Gasteiger charge is 2.38. The third-order valence-electron chi connectivity index (χ3n) is 7.83. The molecule has 0 amide bonds. The van der Waals surface area contributed by atoms with Crippen LogP contribution in [0.3, 0.4) is 0 Å². The summed E-state index contributed by atoms with van der Waals surface area (Å²) in [6.45, 7) is 20.1. The molecule has 0 N–H and O–H groups in total. The van der Waals surface area contributed by atoms with Crippen molar-refractivity contribution < 1.29 is 0 Å². The van der Waals surface area contributed by atoms with Gasteiger partial charge in [0.05, 0.1) is 0 Å². The summed E-state index contributed by atoms with van der Waals surface area (Å²) in [5.74, 6) is 0. The highest BCUT2D eigenvalue weighted by Crippen LogP contribution is 2.43. The van der Waals surface area contributed by atoms with Crippen molar-refractivity contribution in [3.63, 3.8) is 0 Å². The highest BCUT2D eigenvalue weighted by atomic mass is 15.4. The molecule has 1 saturated heterocycles. The molecule has 0 unspecified atom stereocenters. The Bertz CT molecular complexity index is 1280. The number of hydrogen-bond donors (Lipinski definition) is 0. The van der Waals surface area contributed by atoms with Gasteiger partial charge in [-0.05, 0) is 105 Å². The van der Waals surface area contributed by atoms with E-state index in [4.69, 9.17) is 0 Å². The van der Waals surface area contributed by atoms with Crippen molar-refractivity contribution in [2.45, 2.75) is 61.6 Å². The summed E-state index contributed by atoms with van der Waals surface area (Å²) in [7, 11) is 0. The van der Waals surface area contributed by atoms with Crippen LogP contribution < -0.4 is 9.80 Å². The monoisotopic (exact) mass is 462 g/mol. The number of aryl methyl sites for hydroxylation is 6. The van der Waals surface area contributed by atoms with Gasteiger partial charge in [-0.15, -0.1) is 0 Å². The third kappa shape index (κ3) is 3.89. The lowest BCUT2D eigenvalue weighted by Crippen LogP contribution is -2.41. The molecule has 1 aliphatic carbocycles. The Morgan fingerprint density at radius 1 is 0.657 bits per heavy atom. The quantitative estimate of drug-likeness (QED) is 0.388. The molecule has 35 heavy (non-hydrogen) atoms. The lowest BCUT2D eigenvalue weighted by atomic mass is 9.97. The van der Waals surface area contributed by atoms with Crippen molar-refractivity contribution in [2.24, 2.45) is 0 Å². The number of rotatable bonds is 3. The van der Waals surface area contributed by atoms with Gasteiger partial charge in [-0.3, -0.25) is 0 Å². The molecule has 0 radical (unpaired) electrons. The van der Waals surface area contributed by atoms with Crippen LogP contribution in [0.4, 0.5) is 11.4 Å². The minimum Gasteiger partial charge on any atom is -0.345 e. The van der Waals surface area contributed by atoms with Crippen LogP contribution in [0.15, 0.2) is 60.2 Å². The van der Waals surface area contributed by atoms with Crippen molar-refractivity contribution in [3.05, 3.63) is 105 Å². The fourth-order valence-corrected chi connectivity index (χ4v) is 6.71. The Morgan fingerprint density at radius 2 is 1.09 bits per heavy atom. The predicted octanol–water partition coefficient (Wildman–Crippen LogP) is 8.08. The number of hydrogen-bond acceptors (Lipinski definition) is 2. The average molecular weight is 463 g/mol. The number of anilines is 2.